The third-order valence-corrected chi connectivity index (χ3v) is 2.62. The number of hydrogen-bond donors (Lipinski definition) is 1. The number of nitrogens with one attached hydrogen (secondary N) is 1. The van der Waals surface area contributed by atoms with Crippen molar-refractivity contribution in [2.75, 3.05) is 7.11 Å². The number of ether oxygens (including phenoxy) is 1. The average Bonchev–Trinajstić information content (AvgIpc) is 2.30. The second kappa shape index (κ2) is 4.45. The van der Waals surface area contributed by atoms with Crippen LogP contribution >= 0.6 is 12.2 Å². The summed E-state index contributed by atoms with van der Waals surface area (Å²) in [6.45, 7) is 2.03. The largest absolute Gasteiger partial charge is 0.497 e. The minimum atomic E-state index is 0.634. The van der Waals surface area contributed by atoms with Gasteiger partial charge in [-0.2, -0.15) is 5.10 Å². The van der Waals surface area contributed by atoms with Crippen molar-refractivity contribution >= 4 is 12.2 Å². The van der Waals surface area contributed by atoms with Crippen molar-refractivity contribution in [3.05, 3.63) is 40.5 Å². The minimum Gasteiger partial charge on any atom is -0.497 e. The van der Waals surface area contributed by atoms with Gasteiger partial charge in [0.1, 0.15) is 10.4 Å². The summed E-state index contributed by atoms with van der Waals surface area (Å²) >= 11 is 4.96. The van der Waals surface area contributed by atoms with Crippen LogP contribution in [-0.4, -0.2) is 17.3 Å². The molecular formula is C12H12N2OS. The Morgan fingerprint density at radius 3 is 2.62 bits per heavy atom. The second-order valence-electron chi connectivity index (χ2n) is 3.49. The van der Waals surface area contributed by atoms with Crippen molar-refractivity contribution < 1.29 is 4.74 Å². The molecule has 2 aromatic rings. The third-order valence-electron chi connectivity index (χ3n) is 2.39. The van der Waals surface area contributed by atoms with Crippen LogP contribution in [0.2, 0.25) is 0 Å². The summed E-state index contributed by atoms with van der Waals surface area (Å²) in [5.41, 5.74) is 3.08. The van der Waals surface area contributed by atoms with E-state index in [0.717, 1.165) is 22.6 Å². The van der Waals surface area contributed by atoms with Gasteiger partial charge in [0.2, 0.25) is 0 Å². The lowest BCUT2D eigenvalue weighted by molar-refractivity contribution is 0.414. The predicted molar refractivity (Wildman–Crippen MR) is 66.1 cm³/mol. The van der Waals surface area contributed by atoms with Gasteiger partial charge < -0.3 is 4.74 Å². The van der Waals surface area contributed by atoms with Crippen molar-refractivity contribution in [3.8, 4) is 17.0 Å². The Kier molecular flexibility index (Phi) is 3.01. The third kappa shape index (κ3) is 2.12. The Morgan fingerprint density at radius 1 is 1.25 bits per heavy atom. The number of aromatic amines is 1. The van der Waals surface area contributed by atoms with E-state index in [1.807, 2.05) is 37.3 Å². The molecule has 0 spiro atoms. The summed E-state index contributed by atoms with van der Waals surface area (Å²) in [4.78, 5) is 0. The number of rotatable bonds is 2. The zero-order valence-corrected chi connectivity index (χ0v) is 9.97. The highest BCUT2D eigenvalue weighted by molar-refractivity contribution is 7.71. The van der Waals surface area contributed by atoms with Gasteiger partial charge in [-0.3, -0.25) is 5.10 Å². The molecule has 3 nitrogen and oxygen atoms in total. The quantitative estimate of drug-likeness (QED) is 0.808. The first kappa shape index (κ1) is 10.8. The van der Waals surface area contributed by atoms with Crippen molar-refractivity contribution in [1.29, 1.82) is 0 Å². The smallest absolute Gasteiger partial charge is 0.119 e. The fourth-order valence-corrected chi connectivity index (χ4v) is 1.66. The van der Waals surface area contributed by atoms with Crippen LogP contribution in [0.25, 0.3) is 11.3 Å². The van der Waals surface area contributed by atoms with E-state index >= 15 is 0 Å². The predicted octanol–water partition coefficient (Wildman–Crippen LogP) is 3.12. The van der Waals surface area contributed by atoms with Gasteiger partial charge in [0.15, 0.2) is 0 Å². The highest BCUT2D eigenvalue weighted by Crippen LogP contribution is 2.24. The van der Waals surface area contributed by atoms with E-state index in [1.54, 1.807) is 7.11 Å². The lowest BCUT2D eigenvalue weighted by atomic mass is 10.1. The van der Waals surface area contributed by atoms with Crippen LogP contribution in [0.4, 0.5) is 0 Å². The molecule has 0 fully saturated rings. The normalized spacial score (nSPS) is 10.1. The fraction of sp³-hybridized carbons (Fsp3) is 0.167. The molecule has 0 saturated carbocycles. The van der Waals surface area contributed by atoms with Crippen LogP contribution in [-0.2, 0) is 0 Å². The van der Waals surface area contributed by atoms with Crippen molar-refractivity contribution in [1.82, 2.24) is 10.2 Å². The van der Waals surface area contributed by atoms with E-state index in [9.17, 15) is 0 Å². The Morgan fingerprint density at radius 2 is 2.06 bits per heavy atom. The van der Waals surface area contributed by atoms with Gasteiger partial charge in [-0.15, -0.1) is 0 Å². The summed E-state index contributed by atoms with van der Waals surface area (Å²) in [7, 11) is 1.66. The summed E-state index contributed by atoms with van der Waals surface area (Å²) in [6.07, 6.45) is 0. The summed E-state index contributed by atoms with van der Waals surface area (Å²) in [6, 6.07) is 9.65. The number of aryl methyl sites for hydroxylation is 1. The lowest BCUT2D eigenvalue weighted by Crippen LogP contribution is -1.91. The molecule has 1 aromatic heterocycles. The Bertz CT molecular complexity index is 543. The topological polar surface area (TPSA) is 37.9 Å². The molecular weight excluding hydrogens is 220 g/mol. The zero-order chi connectivity index (χ0) is 11.5. The summed E-state index contributed by atoms with van der Waals surface area (Å²) in [5.74, 6) is 0.852. The molecule has 0 aliphatic heterocycles. The number of aromatic nitrogens is 2. The van der Waals surface area contributed by atoms with Crippen LogP contribution in [0.15, 0.2) is 30.3 Å². The Balaban J connectivity index is 2.48. The van der Waals surface area contributed by atoms with Gasteiger partial charge in [-0.05, 0) is 42.8 Å². The number of nitrogens with zero attached hydrogens (tertiary/aromatic N) is 1. The van der Waals surface area contributed by atoms with Gasteiger partial charge in [0, 0.05) is 5.56 Å². The molecule has 0 unspecified atom stereocenters. The average molecular weight is 232 g/mol. The van der Waals surface area contributed by atoms with Gasteiger partial charge >= 0.3 is 0 Å². The molecule has 0 radical (unpaired) electrons. The first-order chi connectivity index (χ1) is 7.70. The van der Waals surface area contributed by atoms with Crippen LogP contribution in [0.3, 0.4) is 0 Å². The van der Waals surface area contributed by atoms with E-state index < -0.39 is 0 Å². The fourth-order valence-electron chi connectivity index (χ4n) is 1.55. The molecule has 1 aromatic carbocycles. The van der Waals surface area contributed by atoms with E-state index in [0.29, 0.717) is 4.64 Å². The number of hydrogen-bond acceptors (Lipinski definition) is 3. The van der Waals surface area contributed by atoms with Crippen LogP contribution < -0.4 is 4.74 Å². The Labute approximate surface area is 99.1 Å². The molecule has 16 heavy (non-hydrogen) atoms. The molecule has 0 bridgehead atoms. The van der Waals surface area contributed by atoms with Gasteiger partial charge in [0.25, 0.3) is 0 Å². The van der Waals surface area contributed by atoms with Crippen LogP contribution in [0, 0.1) is 11.6 Å². The summed E-state index contributed by atoms with van der Waals surface area (Å²) < 4.78 is 5.79. The standard InChI is InChI=1S/C12H12N2OS/c1-8-7-9(15-2)3-4-10(8)11-5-6-12(16)14-13-11/h3-7H,1-2H3,(H,14,16). The van der Waals surface area contributed by atoms with Crippen molar-refractivity contribution in [2.45, 2.75) is 6.92 Å². The summed E-state index contributed by atoms with van der Waals surface area (Å²) in [5, 5.41) is 6.98. The zero-order valence-electron chi connectivity index (χ0n) is 9.15. The van der Waals surface area contributed by atoms with Gasteiger partial charge in [-0.25, -0.2) is 0 Å². The molecule has 0 atom stereocenters. The highest BCUT2D eigenvalue weighted by Gasteiger charge is 2.04. The van der Waals surface area contributed by atoms with E-state index in [4.69, 9.17) is 17.0 Å². The van der Waals surface area contributed by atoms with Crippen LogP contribution in [0.5, 0.6) is 5.75 Å². The van der Waals surface area contributed by atoms with E-state index in [-0.39, 0.29) is 0 Å². The maximum Gasteiger partial charge on any atom is 0.119 e. The first-order valence-electron chi connectivity index (χ1n) is 4.91. The molecule has 4 heteroatoms. The molecule has 0 aliphatic rings. The number of benzene rings is 1. The lowest BCUT2D eigenvalue weighted by Gasteiger charge is -2.06. The van der Waals surface area contributed by atoms with E-state index in [1.165, 1.54) is 0 Å². The SMILES string of the molecule is COc1ccc(-c2ccc(=S)[nH]n2)c(C)c1. The van der Waals surface area contributed by atoms with Crippen molar-refractivity contribution in [3.63, 3.8) is 0 Å². The minimum absolute atomic E-state index is 0.634. The number of H-pyrrole nitrogens is 1. The Hall–Kier alpha value is -1.68. The first-order valence-corrected chi connectivity index (χ1v) is 5.32. The molecule has 0 amide bonds. The highest BCUT2D eigenvalue weighted by atomic mass is 32.1. The van der Waals surface area contributed by atoms with Gasteiger partial charge in [0.05, 0.1) is 12.8 Å². The van der Waals surface area contributed by atoms with E-state index in [2.05, 4.69) is 10.2 Å². The monoisotopic (exact) mass is 232 g/mol. The molecule has 82 valence electrons. The van der Waals surface area contributed by atoms with Crippen LogP contribution in [0.1, 0.15) is 5.56 Å². The number of methoxy groups -OCH3 is 1. The van der Waals surface area contributed by atoms with Crippen molar-refractivity contribution in [2.24, 2.45) is 0 Å². The molecule has 1 N–H and O–H groups in total. The molecule has 0 saturated heterocycles. The molecule has 2 rings (SSSR count). The maximum absolute atomic E-state index is 5.16. The maximum atomic E-state index is 5.16. The second-order valence-corrected chi connectivity index (χ2v) is 3.93. The van der Waals surface area contributed by atoms with Gasteiger partial charge in [-0.1, -0.05) is 12.2 Å². The molecule has 0 aliphatic carbocycles. The molecule has 1 heterocycles.